The average Bonchev–Trinajstić information content (AvgIpc) is 2.39. The van der Waals surface area contributed by atoms with E-state index in [1.54, 1.807) is 6.92 Å². The number of carbonyl (C=O) groups excluding carboxylic acids is 1. The van der Waals surface area contributed by atoms with Crippen molar-refractivity contribution in [2.24, 2.45) is 5.73 Å². The van der Waals surface area contributed by atoms with Crippen LogP contribution in [0.5, 0.6) is 5.75 Å². The molecule has 4 nitrogen and oxygen atoms in total. The number of hydrogen-bond donors (Lipinski definition) is 2. The fourth-order valence-corrected chi connectivity index (χ4v) is 1.87. The predicted molar refractivity (Wildman–Crippen MR) is 76.9 cm³/mol. The van der Waals surface area contributed by atoms with Crippen LogP contribution >= 0.6 is 0 Å². The summed E-state index contributed by atoms with van der Waals surface area (Å²) in [7, 11) is 0. The number of nitrogens with two attached hydrogens (primary N) is 1. The van der Waals surface area contributed by atoms with Gasteiger partial charge in [0, 0.05) is 12.6 Å². The first-order valence-electron chi connectivity index (χ1n) is 6.82. The number of ether oxygens (including phenoxy) is 1. The fraction of sp³-hybridized carbons (Fsp3) is 0.533. The molecule has 4 heteroatoms. The van der Waals surface area contributed by atoms with Gasteiger partial charge >= 0.3 is 0 Å². The molecule has 19 heavy (non-hydrogen) atoms. The largest absolute Gasteiger partial charge is 0.481 e. The molecular weight excluding hydrogens is 240 g/mol. The van der Waals surface area contributed by atoms with Crippen LogP contribution in [-0.4, -0.2) is 18.1 Å². The van der Waals surface area contributed by atoms with Gasteiger partial charge < -0.3 is 15.8 Å². The first kappa shape index (κ1) is 15.5. The Morgan fingerprint density at radius 2 is 2.16 bits per heavy atom. The van der Waals surface area contributed by atoms with Crippen molar-refractivity contribution in [3.05, 3.63) is 29.8 Å². The molecule has 1 amide bonds. The molecular formula is C15H24N2O2. The van der Waals surface area contributed by atoms with Crippen molar-refractivity contribution in [3.63, 3.8) is 0 Å². The average molecular weight is 264 g/mol. The van der Waals surface area contributed by atoms with Gasteiger partial charge in [-0.05, 0) is 38.0 Å². The summed E-state index contributed by atoms with van der Waals surface area (Å²) >= 11 is 0. The van der Waals surface area contributed by atoms with Crippen LogP contribution in [0.2, 0.25) is 0 Å². The van der Waals surface area contributed by atoms with Crippen LogP contribution < -0.4 is 15.8 Å². The van der Waals surface area contributed by atoms with Crippen LogP contribution in [-0.2, 0) is 11.3 Å². The van der Waals surface area contributed by atoms with E-state index >= 15 is 0 Å². The molecule has 1 aromatic carbocycles. The van der Waals surface area contributed by atoms with E-state index < -0.39 is 6.10 Å². The van der Waals surface area contributed by atoms with E-state index in [4.69, 9.17) is 10.5 Å². The molecule has 0 aromatic heterocycles. The highest BCUT2D eigenvalue weighted by Gasteiger charge is 2.16. The summed E-state index contributed by atoms with van der Waals surface area (Å²) in [6.45, 7) is 6.32. The lowest BCUT2D eigenvalue weighted by molar-refractivity contribution is -0.127. The molecule has 0 aliphatic rings. The summed E-state index contributed by atoms with van der Waals surface area (Å²) < 4.78 is 5.63. The van der Waals surface area contributed by atoms with E-state index in [9.17, 15) is 4.79 Å². The predicted octanol–water partition coefficient (Wildman–Crippen LogP) is 2.22. The second kappa shape index (κ2) is 7.79. The monoisotopic (exact) mass is 264 g/mol. The van der Waals surface area contributed by atoms with E-state index in [0.29, 0.717) is 12.3 Å². The quantitative estimate of drug-likeness (QED) is 0.793. The second-order valence-electron chi connectivity index (χ2n) is 4.81. The molecule has 0 radical (unpaired) electrons. The van der Waals surface area contributed by atoms with Gasteiger partial charge in [-0.2, -0.15) is 0 Å². The van der Waals surface area contributed by atoms with Crippen LogP contribution in [0.1, 0.15) is 39.2 Å². The molecule has 0 fully saturated rings. The number of hydrogen-bond acceptors (Lipinski definition) is 3. The Morgan fingerprint density at radius 3 is 2.79 bits per heavy atom. The first-order valence-corrected chi connectivity index (χ1v) is 6.82. The summed E-state index contributed by atoms with van der Waals surface area (Å²) in [6, 6.07) is 7.68. The van der Waals surface area contributed by atoms with Crippen molar-refractivity contribution in [2.45, 2.75) is 52.3 Å². The maximum atomic E-state index is 11.9. The fourth-order valence-electron chi connectivity index (χ4n) is 1.87. The Balaban J connectivity index is 2.53. The lowest BCUT2D eigenvalue weighted by atomic mass is 10.2. The van der Waals surface area contributed by atoms with E-state index in [2.05, 4.69) is 12.2 Å². The SMILES string of the molecule is CCCC(C)NC(=O)C(C)Oc1cccc(CN)c1. The zero-order chi connectivity index (χ0) is 14.3. The van der Waals surface area contributed by atoms with Crippen LogP contribution in [0.15, 0.2) is 24.3 Å². The Bertz CT molecular complexity index is 407. The van der Waals surface area contributed by atoms with Gasteiger partial charge in [-0.3, -0.25) is 4.79 Å². The molecule has 1 rings (SSSR count). The van der Waals surface area contributed by atoms with Gasteiger partial charge in [0.15, 0.2) is 6.10 Å². The number of carbonyl (C=O) groups is 1. The summed E-state index contributed by atoms with van der Waals surface area (Å²) in [5, 5.41) is 2.94. The van der Waals surface area contributed by atoms with E-state index in [1.165, 1.54) is 0 Å². The molecule has 0 heterocycles. The number of amides is 1. The first-order chi connectivity index (χ1) is 9.06. The van der Waals surface area contributed by atoms with Crippen molar-refractivity contribution >= 4 is 5.91 Å². The zero-order valence-electron chi connectivity index (χ0n) is 12.0. The molecule has 0 saturated carbocycles. The molecule has 1 aromatic rings. The molecule has 106 valence electrons. The van der Waals surface area contributed by atoms with Crippen molar-refractivity contribution in [1.82, 2.24) is 5.32 Å². The van der Waals surface area contributed by atoms with Crippen LogP contribution in [0, 0.1) is 0 Å². The highest BCUT2D eigenvalue weighted by atomic mass is 16.5. The molecule has 3 N–H and O–H groups in total. The third-order valence-electron chi connectivity index (χ3n) is 2.93. The Hall–Kier alpha value is -1.55. The third-order valence-corrected chi connectivity index (χ3v) is 2.93. The highest BCUT2D eigenvalue weighted by Crippen LogP contribution is 2.14. The molecule has 0 saturated heterocycles. The third kappa shape index (κ3) is 5.30. The van der Waals surface area contributed by atoms with Crippen LogP contribution in [0.4, 0.5) is 0 Å². The van der Waals surface area contributed by atoms with Gasteiger partial charge in [0.1, 0.15) is 5.75 Å². The van der Waals surface area contributed by atoms with E-state index in [1.807, 2.05) is 31.2 Å². The van der Waals surface area contributed by atoms with E-state index in [-0.39, 0.29) is 11.9 Å². The van der Waals surface area contributed by atoms with Gasteiger partial charge in [-0.25, -0.2) is 0 Å². The topological polar surface area (TPSA) is 64.3 Å². The summed E-state index contributed by atoms with van der Waals surface area (Å²) in [4.78, 5) is 11.9. The standard InChI is InChI=1S/C15H24N2O2/c1-4-6-11(2)17-15(18)12(3)19-14-8-5-7-13(9-14)10-16/h5,7-9,11-12H,4,6,10,16H2,1-3H3,(H,17,18). The molecule has 0 spiro atoms. The molecule has 0 aliphatic carbocycles. The van der Waals surface area contributed by atoms with Crippen LogP contribution in [0.25, 0.3) is 0 Å². The highest BCUT2D eigenvalue weighted by molar-refractivity contribution is 5.80. The lowest BCUT2D eigenvalue weighted by Gasteiger charge is -2.18. The van der Waals surface area contributed by atoms with Gasteiger partial charge in [0.05, 0.1) is 0 Å². The minimum Gasteiger partial charge on any atom is -0.481 e. The van der Waals surface area contributed by atoms with Crippen molar-refractivity contribution < 1.29 is 9.53 Å². The van der Waals surface area contributed by atoms with Gasteiger partial charge in [-0.15, -0.1) is 0 Å². The second-order valence-corrected chi connectivity index (χ2v) is 4.81. The van der Waals surface area contributed by atoms with E-state index in [0.717, 1.165) is 18.4 Å². The maximum absolute atomic E-state index is 11.9. The normalized spacial score (nSPS) is 13.7. The minimum absolute atomic E-state index is 0.0842. The lowest BCUT2D eigenvalue weighted by Crippen LogP contribution is -2.41. The molecule has 2 atom stereocenters. The Kier molecular flexibility index (Phi) is 6.36. The molecule has 0 aliphatic heterocycles. The summed E-state index contributed by atoms with van der Waals surface area (Å²) in [5.41, 5.74) is 6.56. The Labute approximate surface area is 115 Å². The summed E-state index contributed by atoms with van der Waals surface area (Å²) in [6.07, 6.45) is 1.52. The molecule has 2 unspecified atom stereocenters. The van der Waals surface area contributed by atoms with Crippen molar-refractivity contribution in [2.75, 3.05) is 0 Å². The van der Waals surface area contributed by atoms with Gasteiger partial charge in [-0.1, -0.05) is 25.5 Å². The van der Waals surface area contributed by atoms with Gasteiger partial charge in [0.25, 0.3) is 5.91 Å². The maximum Gasteiger partial charge on any atom is 0.260 e. The minimum atomic E-state index is -0.507. The zero-order valence-corrected chi connectivity index (χ0v) is 12.0. The number of benzene rings is 1. The van der Waals surface area contributed by atoms with Crippen LogP contribution in [0.3, 0.4) is 0 Å². The Morgan fingerprint density at radius 1 is 1.42 bits per heavy atom. The number of rotatable bonds is 7. The molecule has 0 bridgehead atoms. The smallest absolute Gasteiger partial charge is 0.260 e. The van der Waals surface area contributed by atoms with Crippen molar-refractivity contribution in [3.8, 4) is 5.75 Å². The van der Waals surface area contributed by atoms with Crippen molar-refractivity contribution in [1.29, 1.82) is 0 Å². The van der Waals surface area contributed by atoms with Gasteiger partial charge in [0.2, 0.25) is 0 Å². The summed E-state index contributed by atoms with van der Waals surface area (Å²) in [5.74, 6) is 0.591. The number of nitrogens with one attached hydrogen (secondary N) is 1.